The van der Waals surface area contributed by atoms with Crippen LogP contribution >= 0.6 is 11.6 Å². The van der Waals surface area contributed by atoms with Gasteiger partial charge in [0.15, 0.2) is 5.82 Å². The maximum Gasteiger partial charge on any atom is 0.319 e. The Morgan fingerprint density at radius 1 is 1.05 bits per heavy atom. The second-order valence-corrected chi connectivity index (χ2v) is 13.3. The number of aromatic nitrogens is 3. The number of halogens is 2. The van der Waals surface area contributed by atoms with E-state index in [0.29, 0.717) is 47.0 Å². The van der Waals surface area contributed by atoms with Crippen molar-refractivity contribution in [1.82, 2.24) is 19.9 Å². The van der Waals surface area contributed by atoms with Gasteiger partial charge in [-0.15, -0.1) is 0 Å². The molecule has 2 N–H and O–H groups in total. The lowest BCUT2D eigenvalue weighted by atomic mass is 9.95. The van der Waals surface area contributed by atoms with E-state index >= 15 is 4.39 Å². The molecular formula is C33H36ClFN6O. The van der Waals surface area contributed by atoms with Gasteiger partial charge >= 0.3 is 6.01 Å². The van der Waals surface area contributed by atoms with Crippen molar-refractivity contribution < 1.29 is 9.13 Å². The quantitative estimate of drug-likeness (QED) is 0.288. The molecule has 7 nitrogen and oxygen atoms in total. The predicted octanol–water partition coefficient (Wildman–Crippen LogP) is 6.21. The van der Waals surface area contributed by atoms with Crippen molar-refractivity contribution >= 4 is 39.1 Å². The number of piperidine rings is 1. The molecular weight excluding hydrogens is 551 g/mol. The summed E-state index contributed by atoms with van der Waals surface area (Å²) in [5.41, 5.74) is 7.18. The van der Waals surface area contributed by atoms with Gasteiger partial charge in [-0.1, -0.05) is 41.9 Å². The van der Waals surface area contributed by atoms with Crippen LogP contribution in [0.4, 0.5) is 10.2 Å². The predicted molar refractivity (Wildman–Crippen MR) is 165 cm³/mol. The Bertz CT molecular complexity index is 1670. The second kappa shape index (κ2) is 10.3. The average molecular weight is 587 g/mol. The molecule has 3 aliphatic heterocycles. The van der Waals surface area contributed by atoms with Crippen molar-refractivity contribution in [3.05, 3.63) is 53.4 Å². The summed E-state index contributed by atoms with van der Waals surface area (Å²) in [5.74, 6) is 1.54. The van der Waals surface area contributed by atoms with Crippen molar-refractivity contribution in [1.29, 1.82) is 0 Å². The fraction of sp³-hybridized carbons (Fsp3) is 0.485. The summed E-state index contributed by atoms with van der Waals surface area (Å²) in [6.45, 7) is 4.02. The van der Waals surface area contributed by atoms with E-state index in [1.54, 1.807) is 6.20 Å². The molecule has 2 unspecified atom stereocenters. The average Bonchev–Trinajstić information content (AvgIpc) is 3.68. The summed E-state index contributed by atoms with van der Waals surface area (Å²) in [6, 6.07) is 12.1. The Kier molecular flexibility index (Phi) is 6.50. The number of benzene rings is 2. The van der Waals surface area contributed by atoms with Gasteiger partial charge in [0.2, 0.25) is 0 Å². The molecule has 4 aromatic rings. The number of hydrogen-bond acceptors (Lipinski definition) is 7. The third kappa shape index (κ3) is 4.25. The van der Waals surface area contributed by atoms with Crippen LogP contribution in [0.5, 0.6) is 6.01 Å². The minimum absolute atomic E-state index is 0.0472. The summed E-state index contributed by atoms with van der Waals surface area (Å²) >= 11 is 6.62. The summed E-state index contributed by atoms with van der Waals surface area (Å²) in [5, 5.41) is 2.90. The van der Waals surface area contributed by atoms with E-state index in [-0.39, 0.29) is 22.8 Å². The molecule has 0 radical (unpaired) electrons. The number of fused-ring (bicyclic) bond motifs is 5. The molecule has 8 rings (SSSR count). The molecule has 4 fully saturated rings. The van der Waals surface area contributed by atoms with E-state index in [1.807, 2.05) is 36.4 Å². The maximum atomic E-state index is 16.7. The Balaban J connectivity index is 1.23. The zero-order valence-electron chi connectivity index (χ0n) is 23.7. The molecule has 3 saturated heterocycles. The van der Waals surface area contributed by atoms with Gasteiger partial charge in [0.25, 0.3) is 0 Å². The first-order chi connectivity index (χ1) is 20.5. The van der Waals surface area contributed by atoms with E-state index in [2.05, 4.69) is 14.8 Å². The summed E-state index contributed by atoms with van der Waals surface area (Å²) in [7, 11) is 0. The Morgan fingerprint density at radius 2 is 1.86 bits per heavy atom. The van der Waals surface area contributed by atoms with Gasteiger partial charge < -0.3 is 15.4 Å². The lowest BCUT2D eigenvalue weighted by molar-refractivity contribution is 0.0865. The van der Waals surface area contributed by atoms with Crippen LogP contribution in [0.3, 0.4) is 0 Å². The Labute approximate surface area is 250 Å². The summed E-state index contributed by atoms with van der Waals surface area (Å²) in [6.07, 6.45) is 9.83. The van der Waals surface area contributed by atoms with Gasteiger partial charge in [-0.05, 0) is 74.8 Å². The molecule has 2 aromatic heterocycles. The van der Waals surface area contributed by atoms with E-state index < -0.39 is 5.82 Å². The van der Waals surface area contributed by atoms with Crippen LogP contribution in [0.15, 0.2) is 42.6 Å². The Hall–Kier alpha value is -3.07. The van der Waals surface area contributed by atoms with Crippen molar-refractivity contribution in [2.24, 2.45) is 17.6 Å². The first kappa shape index (κ1) is 26.5. The minimum atomic E-state index is -0.474. The number of nitrogens with two attached hydrogens (primary N) is 1. The van der Waals surface area contributed by atoms with Crippen molar-refractivity contribution in [3.8, 4) is 17.3 Å². The molecule has 4 aliphatic rings. The zero-order valence-corrected chi connectivity index (χ0v) is 24.5. The first-order valence-electron chi connectivity index (χ1n) is 15.4. The topological polar surface area (TPSA) is 80.4 Å². The van der Waals surface area contributed by atoms with Gasteiger partial charge in [-0.2, -0.15) is 9.97 Å². The number of ether oxygens (including phenoxy) is 1. The van der Waals surface area contributed by atoms with Crippen LogP contribution in [0.25, 0.3) is 32.9 Å². The molecule has 4 atom stereocenters. The fourth-order valence-corrected chi connectivity index (χ4v) is 8.73. The van der Waals surface area contributed by atoms with Crippen LogP contribution in [-0.4, -0.2) is 64.2 Å². The number of nitrogens with zero attached hydrogens (tertiary/aromatic N) is 5. The van der Waals surface area contributed by atoms with E-state index in [0.717, 1.165) is 61.9 Å². The van der Waals surface area contributed by atoms with Crippen LogP contribution in [0.1, 0.15) is 44.9 Å². The van der Waals surface area contributed by atoms with Crippen LogP contribution in [0, 0.1) is 17.7 Å². The van der Waals surface area contributed by atoms with Gasteiger partial charge in [-0.25, -0.2) is 4.39 Å². The van der Waals surface area contributed by atoms with E-state index in [4.69, 9.17) is 32.0 Å². The van der Waals surface area contributed by atoms with Crippen LogP contribution < -0.4 is 15.4 Å². The lowest BCUT2D eigenvalue weighted by Crippen LogP contribution is -2.48. The maximum absolute atomic E-state index is 16.7. The molecule has 218 valence electrons. The van der Waals surface area contributed by atoms with Crippen LogP contribution in [-0.2, 0) is 0 Å². The highest BCUT2D eigenvalue weighted by atomic mass is 35.5. The third-order valence-electron chi connectivity index (χ3n) is 10.4. The number of hydrogen-bond donors (Lipinski definition) is 1. The van der Waals surface area contributed by atoms with Crippen molar-refractivity contribution in [2.75, 3.05) is 37.7 Å². The van der Waals surface area contributed by atoms with Gasteiger partial charge in [0.05, 0.1) is 10.9 Å². The highest BCUT2D eigenvalue weighted by Gasteiger charge is 2.49. The van der Waals surface area contributed by atoms with Crippen molar-refractivity contribution in [3.63, 3.8) is 0 Å². The highest BCUT2D eigenvalue weighted by Crippen LogP contribution is 2.44. The van der Waals surface area contributed by atoms with Gasteiger partial charge in [0, 0.05) is 47.8 Å². The van der Waals surface area contributed by atoms with Gasteiger partial charge in [-0.3, -0.25) is 9.88 Å². The molecule has 0 amide bonds. The summed E-state index contributed by atoms with van der Waals surface area (Å²) < 4.78 is 23.1. The lowest BCUT2D eigenvalue weighted by Gasteiger charge is -2.35. The minimum Gasteiger partial charge on any atom is -0.461 e. The smallest absolute Gasteiger partial charge is 0.319 e. The van der Waals surface area contributed by atoms with Gasteiger partial charge in [0.1, 0.15) is 23.6 Å². The molecule has 2 aromatic carbocycles. The SMILES string of the molecule is NC[C@H]1CC[C@@]2(COc3nc(N4CC5CCC(C5)C4)c4cnc(-c5cccc6cccc(Cl)c56)c(F)c4n3)CCCN12. The third-order valence-corrected chi connectivity index (χ3v) is 10.8. The van der Waals surface area contributed by atoms with E-state index in [1.165, 1.54) is 19.3 Å². The normalized spacial score (nSPS) is 27.3. The number of rotatable bonds is 6. The molecule has 1 saturated carbocycles. The second-order valence-electron chi connectivity index (χ2n) is 12.8. The summed E-state index contributed by atoms with van der Waals surface area (Å²) in [4.78, 5) is 19.2. The number of anilines is 1. The standard InChI is InChI=1S/C33H36ClFN6O/c34-26-7-2-5-22-4-1-6-24(27(22)26)29-28(35)30-25(16-37-29)31(40-17-20-8-9-21(14-20)18-40)39-32(38-30)42-19-33-11-3-13-41(33)23(15-36)10-12-33/h1-2,4-7,16,20-21,23H,3,8-15,17-19,36H2/t20?,21?,23-,33-/m1/s1. The monoisotopic (exact) mass is 586 g/mol. The van der Waals surface area contributed by atoms with E-state index in [9.17, 15) is 0 Å². The molecule has 42 heavy (non-hydrogen) atoms. The first-order valence-corrected chi connectivity index (χ1v) is 15.8. The number of pyridine rings is 1. The molecule has 0 spiro atoms. The zero-order chi connectivity index (χ0) is 28.4. The molecule has 9 heteroatoms. The van der Waals surface area contributed by atoms with Crippen molar-refractivity contribution in [2.45, 2.75) is 56.5 Å². The molecule has 1 aliphatic carbocycles. The highest BCUT2D eigenvalue weighted by molar-refractivity contribution is 6.36. The molecule has 5 heterocycles. The van der Waals surface area contributed by atoms with Crippen LogP contribution in [0.2, 0.25) is 5.02 Å². The molecule has 2 bridgehead atoms. The Morgan fingerprint density at radius 3 is 2.67 bits per heavy atom. The largest absolute Gasteiger partial charge is 0.461 e. The fourth-order valence-electron chi connectivity index (χ4n) is 8.45.